The van der Waals surface area contributed by atoms with E-state index in [0.29, 0.717) is 17.4 Å². The number of hydrogen-bond acceptors (Lipinski definition) is 4. The zero-order valence-electron chi connectivity index (χ0n) is 13.4. The van der Waals surface area contributed by atoms with Crippen molar-refractivity contribution in [2.24, 2.45) is 0 Å². The zero-order chi connectivity index (χ0) is 15.9. The SMILES string of the molecule is CCCOc1ccc(C(C#N)N2CCN(CC)CC2)cc1Cl. The van der Waals surface area contributed by atoms with Gasteiger partial charge in [0.2, 0.25) is 0 Å². The van der Waals surface area contributed by atoms with E-state index in [1.165, 1.54) is 0 Å². The van der Waals surface area contributed by atoms with E-state index in [4.69, 9.17) is 16.3 Å². The van der Waals surface area contributed by atoms with Crippen molar-refractivity contribution in [1.82, 2.24) is 9.80 Å². The molecule has 0 saturated carbocycles. The lowest BCUT2D eigenvalue weighted by Crippen LogP contribution is -2.47. The van der Waals surface area contributed by atoms with Gasteiger partial charge in [-0.2, -0.15) is 5.26 Å². The minimum Gasteiger partial charge on any atom is -0.492 e. The topological polar surface area (TPSA) is 39.5 Å². The summed E-state index contributed by atoms with van der Waals surface area (Å²) in [4.78, 5) is 4.63. The minimum atomic E-state index is -0.239. The lowest BCUT2D eigenvalue weighted by Gasteiger charge is -2.36. The Balaban J connectivity index is 2.08. The number of ether oxygens (including phenoxy) is 1. The highest BCUT2D eigenvalue weighted by Crippen LogP contribution is 2.30. The molecule has 0 aromatic heterocycles. The van der Waals surface area contributed by atoms with Crippen LogP contribution in [0, 0.1) is 11.3 Å². The first-order chi connectivity index (χ1) is 10.7. The smallest absolute Gasteiger partial charge is 0.137 e. The van der Waals surface area contributed by atoms with Gasteiger partial charge in [0.05, 0.1) is 17.7 Å². The van der Waals surface area contributed by atoms with Gasteiger partial charge in [-0.3, -0.25) is 4.90 Å². The Morgan fingerprint density at radius 3 is 2.55 bits per heavy atom. The zero-order valence-corrected chi connectivity index (χ0v) is 14.1. The summed E-state index contributed by atoms with van der Waals surface area (Å²) in [5.74, 6) is 0.694. The molecular weight excluding hydrogens is 298 g/mol. The number of hydrogen-bond donors (Lipinski definition) is 0. The molecule has 1 aliphatic rings. The minimum absolute atomic E-state index is 0.239. The van der Waals surface area contributed by atoms with Gasteiger partial charge in [0.1, 0.15) is 11.8 Å². The maximum Gasteiger partial charge on any atom is 0.137 e. The third-order valence-corrected chi connectivity index (χ3v) is 4.37. The Morgan fingerprint density at radius 1 is 1.27 bits per heavy atom. The number of likely N-dealkylation sites (N-methyl/N-ethyl adjacent to an activating group) is 1. The molecule has 1 saturated heterocycles. The van der Waals surface area contributed by atoms with Crippen molar-refractivity contribution in [3.05, 3.63) is 28.8 Å². The average molecular weight is 322 g/mol. The quantitative estimate of drug-likeness (QED) is 0.805. The summed E-state index contributed by atoms with van der Waals surface area (Å²) in [6.07, 6.45) is 0.945. The Morgan fingerprint density at radius 2 is 2.00 bits per heavy atom. The molecule has 1 aliphatic heterocycles. The van der Waals surface area contributed by atoms with Crippen molar-refractivity contribution in [2.75, 3.05) is 39.3 Å². The average Bonchev–Trinajstić information content (AvgIpc) is 2.55. The van der Waals surface area contributed by atoms with Crippen molar-refractivity contribution in [2.45, 2.75) is 26.3 Å². The molecule has 1 heterocycles. The van der Waals surface area contributed by atoms with E-state index in [2.05, 4.69) is 29.7 Å². The first-order valence-corrected chi connectivity index (χ1v) is 8.35. The molecule has 5 heteroatoms. The van der Waals surface area contributed by atoms with Crippen LogP contribution in [0.5, 0.6) is 5.75 Å². The van der Waals surface area contributed by atoms with Gasteiger partial charge in [-0.1, -0.05) is 31.5 Å². The number of piperazine rings is 1. The highest BCUT2D eigenvalue weighted by Gasteiger charge is 2.24. The molecule has 0 bridgehead atoms. The standard InChI is InChI=1S/C17H24ClN3O/c1-3-11-22-17-6-5-14(12-15(17)18)16(13-19)21-9-7-20(4-2)8-10-21/h5-6,12,16H,3-4,7-11H2,1-2H3. The van der Waals surface area contributed by atoms with Crippen molar-refractivity contribution in [1.29, 1.82) is 5.26 Å². The number of nitriles is 1. The van der Waals surface area contributed by atoms with Crippen LogP contribution in [0.25, 0.3) is 0 Å². The molecule has 0 amide bonds. The van der Waals surface area contributed by atoms with Crippen LogP contribution in [0.2, 0.25) is 5.02 Å². The summed E-state index contributed by atoms with van der Waals surface area (Å²) >= 11 is 6.29. The Bertz CT molecular complexity index is 521. The molecule has 0 aliphatic carbocycles. The summed E-state index contributed by atoms with van der Waals surface area (Å²) in [5.41, 5.74) is 0.946. The second-order valence-corrected chi connectivity index (χ2v) is 5.95. The highest BCUT2D eigenvalue weighted by molar-refractivity contribution is 6.32. The van der Waals surface area contributed by atoms with Gasteiger partial charge in [0.15, 0.2) is 0 Å². The van der Waals surface area contributed by atoms with Gasteiger partial charge in [0, 0.05) is 26.2 Å². The summed E-state index contributed by atoms with van der Waals surface area (Å²) in [6, 6.07) is 7.88. The molecule has 1 fully saturated rings. The van der Waals surface area contributed by atoms with Gasteiger partial charge in [-0.15, -0.1) is 0 Å². The molecule has 0 radical (unpaired) electrons. The summed E-state index contributed by atoms with van der Waals surface area (Å²) in [6.45, 7) is 9.81. The summed E-state index contributed by atoms with van der Waals surface area (Å²) < 4.78 is 5.59. The van der Waals surface area contributed by atoms with Gasteiger partial charge in [0.25, 0.3) is 0 Å². The molecule has 0 spiro atoms. The van der Waals surface area contributed by atoms with E-state index in [1.54, 1.807) is 0 Å². The molecule has 0 N–H and O–H groups in total. The largest absolute Gasteiger partial charge is 0.492 e. The fraction of sp³-hybridized carbons (Fsp3) is 0.588. The van der Waals surface area contributed by atoms with Gasteiger partial charge in [-0.25, -0.2) is 0 Å². The third-order valence-electron chi connectivity index (χ3n) is 4.07. The number of rotatable bonds is 6. The molecule has 2 rings (SSSR count). The molecule has 4 nitrogen and oxygen atoms in total. The molecule has 1 aromatic carbocycles. The lowest BCUT2D eigenvalue weighted by molar-refractivity contribution is 0.118. The van der Waals surface area contributed by atoms with E-state index in [-0.39, 0.29) is 6.04 Å². The van der Waals surface area contributed by atoms with Crippen LogP contribution >= 0.6 is 11.6 Å². The Hall–Kier alpha value is -1.28. The maximum absolute atomic E-state index is 9.58. The number of halogens is 1. The van der Waals surface area contributed by atoms with Gasteiger partial charge in [-0.05, 0) is 30.7 Å². The van der Waals surface area contributed by atoms with Crippen LogP contribution in [-0.2, 0) is 0 Å². The molecule has 22 heavy (non-hydrogen) atoms. The van der Waals surface area contributed by atoms with Crippen molar-refractivity contribution >= 4 is 11.6 Å². The van der Waals surface area contributed by atoms with Crippen LogP contribution in [0.1, 0.15) is 31.9 Å². The van der Waals surface area contributed by atoms with Crippen LogP contribution < -0.4 is 4.74 Å². The lowest BCUT2D eigenvalue weighted by atomic mass is 10.1. The van der Waals surface area contributed by atoms with Gasteiger partial charge < -0.3 is 9.64 Å². The molecular formula is C17H24ClN3O. The normalized spacial score (nSPS) is 17.9. The third kappa shape index (κ3) is 4.13. The van der Waals surface area contributed by atoms with Gasteiger partial charge >= 0.3 is 0 Å². The Labute approximate surface area is 138 Å². The van der Waals surface area contributed by atoms with Crippen LogP contribution in [0.4, 0.5) is 0 Å². The second-order valence-electron chi connectivity index (χ2n) is 5.54. The molecule has 1 aromatic rings. The number of nitrogens with zero attached hydrogens (tertiary/aromatic N) is 3. The van der Waals surface area contributed by atoms with E-state index < -0.39 is 0 Å². The fourth-order valence-electron chi connectivity index (χ4n) is 2.72. The Kier molecular flexibility index (Phi) is 6.50. The predicted octanol–water partition coefficient (Wildman–Crippen LogP) is 3.33. The molecule has 120 valence electrons. The second kappa shape index (κ2) is 8.38. The predicted molar refractivity (Wildman–Crippen MR) is 89.3 cm³/mol. The maximum atomic E-state index is 9.58. The van der Waals surface area contributed by atoms with Crippen LogP contribution in [-0.4, -0.2) is 49.1 Å². The van der Waals surface area contributed by atoms with Crippen LogP contribution in [0.3, 0.4) is 0 Å². The van der Waals surface area contributed by atoms with E-state index in [1.807, 2.05) is 18.2 Å². The van der Waals surface area contributed by atoms with Crippen molar-refractivity contribution in [3.63, 3.8) is 0 Å². The van der Waals surface area contributed by atoms with Crippen molar-refractivity contribution in [3.8, 4) is 11.8 Å². The fourth-order valence-corrected chi connectivity index (χ4v) is 2.96. The van der Waals surface area contributed by atoms with E-state index >= 15 is 0 Å². The first kappa shape index (κ1) is 17.1. The van der Waals surface area contributed by atoms with Crippen LogP contribution in [0.15, 0.2) is 18.2 Å². The summed E-state index contributed by atoms with van der Waals surface area (Å²) in [7, 11) is 0. The first-order valence-electron chi connectivity index (χ1n) is 7.97. The van der Waals surface area contributed by atoms with E-state index in [9.17, 15) is 5.26 Å². The number of benzene rings is 1. The highest BCUT2D eigenvalue weighted by atomic mass is 35.5. The monoisotopic (exact) mass is 321 g/mol. The van der Waals surface area contributed by atoms with E-state index in [0.717, 1.165) is 44.7 Å². The molecule has 1 atom stereocenters. The molecule has 1 unspecified atom stereocenters. The van der Waals surface area contributed by atoms with Crippen molar-refractivity contribution < 1.29 is 4.74 Å². The summed E-state index contributed by atoms with van der Waals surface area (Å²) in [5, 5.41) is 10.2.